The Labute approximate surface area is 90.5 Å². The molecule has 1 saturated heterocycles. The van der Waals surface area contributed by atoms with E-state index in [-0.39, 0.29) is 12.6 Å². The Bertz CT molecular complexity index is 221. The second-order valence-corrected chi connectivity index (χ2v) is 3.98. The third-order valence-electron chi connectivity index (χ3n) is 2.82. The van der Waals surface area contributed by atoms with E-state index < -0.39 is 6.10 Å². The van der Waals surface area contributed by atoms with Gasteiger partial charge in [0.2, 0.25) is 0 Å². The Morgan fingerprint density at radius 2 is 1.93 bits per heavy atom. The molecule has 0 bridgehead atoms. The van der Waals surface area contributed by atoms with Gasteiger partial charge in [0, 0.05) is 32.7 Å². The van der Waals surface area contributed by atoms with Crippen molar-refractivity contribution in [2.24, 2.45) is 0 Å². The Morgan fingerprint density at radius 3 is 2.40 bits per heavy atom. The molecule has 0 aromatic heterocycles. The van der Waals surface area contributed by atoms with Crippen molar-refractivity contribution in [2.45, 2.75) is 19.1 Å². The second-order valence-electron chi connectivity index (χ2n) is 3.98. The van der Waals surface area contributed by atoms with E-state index in [1.165, 1.54) is 0 Å². The van der Waals surface area contributed by atoms with Gasteiger partial charge in [-0.3, -0.25) is 9.80 Å². The first-order chi connectivity index (χ1) is 7.17. The van der Waals surface area contributed by atoms with Crippen LogP contribution in [0.5, 0.6) is 0 Å². The summed E-state index contributed by atoms with van der Waals surface area (Å²) in [6.07, 6.45) is -0.648. The highest BCUT2D eigenvalue weighted by atomic mass is 16.3. The average molecular weight is 213 g/mol. The smallest absolute Gasteiger partial charge is 0.0950 e. The summed E-state index contributed by atoms with van der Waals surface area (Å²) in [6, 6.07) is 2.19. The van der Waals surface area contributed by atoms with Crippen LogP contribution < -0.4 is 0 Å². The van der Waals surface area contributed by atoms with Gasteiger partial charge in [0.05, 0.1) is 24.8 Å². The Hall–Kier alpha value is -0.670. The van der Waals surface area contributed by atoms with E-state index in [1.807, 2.05) is 6.92 Å². The van der Waals surface area contributed by atoms with Crippen LogP contribution in [0.3, 0.4) is 0 Å². The standard InChI is InChI=1S/C10H19N3O2/c1-9(6-11)13-4-2-12(3-5-13)7-10(15)8-14/h9-10,14-15H,2-5,7-8H2,1H3. The molecular weight excluding hydrogens is 194 g/mol. The lowest BCUT2D eigenvalue weighted by atomic mass is 10.2. The first-order valence-electron chi connectivity index (χ1n) is 5.32. The summed E-state index contributed by atoms with van der Waals surface area (Å²) < 4.78 is 0. The summed E-state index contributed by atoms with van der Waals surface area (Å²) >= 11 is 0. The molecule has 0 aliphatic carbocycles. The van der Waals surface area contributed by atoms with Crippen LogP contribution in [-0.4, -0.2) is 71.5 Å². The van der Waals surface area contributed by atoms with E-state index in [4.69, 9.17) is 10.4 Å². The van der Waals surface area contributed by atoms with Crippen LogP contribution in [0.2, 0.25) is 0 Å². The van der Waals surface area contributed by atoms with E-state index >= 15 is 0 Å². The van der Waals surface area contributed by atoms with Gasteiger partial charge in [-0.1, -0.05) is 0 Å². The fraction of sp³-hybridized carbons (Fsp3) is 0.900. The first kappa shape index (κ1) is 12.4. The molecule has 0 amide bonds. The summed E-state index contributed by atoms with van der Waals surface area (Å²) in [5.74, 6) is 0. The van der Waals surface area contributed by atoms with E-state index in [2.05, 4.69) is 15.9 Å². The maximum absolute atomic E-state index is 9.27. The first-order valence-corrected chi connectivity index (χ1v) is 5.32. The topological polar surface area (TPSA) is 70.7 Å². The molecule has 1 heterocycles. The minimum atomic E-state index is -0.648. The van der Waals surface area contributed by atoms with E-state index in [0.717, 1.165) is 26.2 Å². The SMILES string of the molecule is CC(C#N)N1CCN(CC(O)CO)CC1. The van der Waals surface area contributed by atoms with Gasteiger partial charge in [0.1, 0.15) is 0 Å². The Balaban J connectivity index is 2.27. The monoisotopic (exact) mass is 213 g/mol. The molecule has 5 nitrogen and oxygen atoms in total. The van der Waals surface area contributed by atoms with Crippen LogP contribution >= 0.6 is 0 Å². The fourth-order valence-corrected chi connectivity index (χ4v) is 1.77. The highest BCUT2D eigenvalue weighted by molar-refractivity contribution is 4.90. The molecule has 1 aliphatic heterocycles. The summed E-state index contributed by atoms with van der Waals surface area (Å²) in [6.45, 7) is 5.64. The molecule has 0 radical (unpaired) electrons. The largest absolute Gasteiger partial charge is 0.394 e. The molecule has 86 valence electrons. The zero-order valence-corrected chi connectivity index (χ0v) is 9.13. The van der Waals surface area contributed by atoms with Crippen molar-refractivity contribution in [1.82, 2.24) is 9.80 Å². The molecule has 1 rings (SSSR count). The highest BCUT2D eigenvalue weighted by Gasteiger charge is 2.21. The van der Waals surface area contributed by atoms with Crippen LogP contribution in [-0.2, 0) is 0 Å². The number of nitriles is 1. The van der Waals surface area contributed by atoms with Crippen molar-refractivity contribution in [1.29, 1.82) is 5.26 Å². The van der Waals surface area contributed by atoms with Crippen LogP contribution in [0.1, 0.15) is 6.92 Å². The minimum Gasteiger partial charge on any atom is -0.394 e. The lowest BCUT2D eigenvalue weighted by molar-refractivity contribution is 0.0367. The second kappa shape index (κ2) is 6.03. The number of hydrogen-bond acceptors (Lipinski definition) is 5. The number of rotatable bonds is 4. The molecule has 2 unspecified atom stereocenters. The molecule has 15 heavy (non-hydrogen) atoms. The van der Waals surface area contributed by atoms with Crippen LogP contribution in [0.4, 0.5) is 0 Å². The molecule has 2 atom stereocenters. The lowest BCUT2D eigenvalue weighted by Gasteiger charge is -2.36. The van der Waals surface area contributed by atoms with Crippen molar-refractivity contribution in [2.75, 3.05) is 39.3 Å². The highest BCUT2D eigenvalue weighted by Crippen LogP contribution is 2.06. The average Bonchev–Trinajstić information content (AvgIpc) is 2.29. The summed E-state index contributed by atoms with van der Waals surface area (Å²) in [5.41, 5.74) is 0. The van der Waals surface area contributed by atoms with Crippen molar-refractivity contribution in [3.63, 3.8) is 0 Å². The molecular formula is C10H19N3O2. The maximum Gasteiger partial charge on any atom is 0.0950 e. The van der Waals surface area contributed by atoms with Crippen LogP contribution in [0.25, 0.3) is 0 Å². The predicted molar refractivity (Wildman–Crippen MR) is 56.2 cm³/mol. The van der Waals surface area contributed by atoms with Gasteiger partial charge in [0.15, 0.2) is 0 Å². The summed E-state index contributed by atoms with van der Waals surface area (Å²) in [5, 5.41) is 26.7. The fourth-order valence-electron chi connectivity index (χ4n) is 1.77. The number of aliphatic hydroxyl groups excluding tert-OH is 2. The third-order valence-corrected chi connectivity index (χ3v) is 2.82. The van der Waals surface area contributed by atoms with E-state index in [1.54, 1.807) is 0 Å². The number of piperazine rings is 1. The number of β-amino-alcohol motifs (C(OH)–C–C–N with tert-alkyl or cyclic N) is 1. The Morgan fingerprint density at radius 1 is 1.33 bits per heavy atom. The van der Waals surface area contributed by atoms with Gasteiger partial charge >= 0.3 is 0 Å². The molecule has 0 aromatic rings. The van der Waals surface area contributed by atoms with E-state index in [9.17, 15) is 5.11 Å². The summed E-state index contributed by atoms with van der Waals surface area (Å²) in [7, 11) is 0. The van der Waals surface area contributed by atoms with Gasteiger partial charge in [-0.2, -0.15) is 5.26 Å². The number of hydrogen-bond donors (Lipinski definition) is 2. The van der Waals surface area contributed by atoms with Crippen molar-refractivity contribution < 1.29 is 10.2 Å². The Kier molecular flexibility index (Phi) is 4.99. The van der Waals surface area contributed by atoms with Gasteiger partial charge in [-0.15, -0.1) is 0 Å². The van der Waals surface area contributed by atoms with Gasteiger partial charge in [-0.05, 0) is 6.92 Å². The molecule has 0 spiro atoms. The molecule has 0 aromatic carbocycles. The van der Waals surface area contributed by atoms with E-state index in [0.29, 0.717) is 6.54 Å². The van der Waals surface area contributed by atoms with Crippen LogP contribution in [0.15, 0.2) is 0 Å². The molecule has 2 N–H and O–H groups in total. The predicted octanol–water partition coefficient (Wildman–Crippen LogP) is -1.13. The molecule has 5 heteroatoms. The lowest BCUT2D eigenvalue weighted by Crippen LogP contribution is -2.51. The zero-order chi connectivity index (χ0) is 11.3. The molecule has 0 saturated carbocycles. The minimum absolute atomic E-state index is 0.0325. The van der Waals surface area contributed by atoms with Crippen molar-refractivity contribution in [3.05, 3.63) is 0 Å². The third kappa shape index (κ3) is 3.76. The summed E-state index contributed by atoms with van der Waals surface area (Å²) in [4.78, 5) is 4.24. The van der Waals surface area contributed by atoms with Gasteiger partial charge in [-0.25, -0.2) is 0 Å². The number of aliphatic hydroxyl groups is 2. The maximum atomic E-state index is 9.27. The zero-order valence-electron chi connectivity index (χ0n) is 9.13. The normalized spacial score (nSPS) is 23.3. The quantitative estimate of drug-likeness (QED) is 0.618. The molecule has 1 fully saturated rings. The van der Waals surface area contributed by atoms with Crippen molar-refractivity contribution in [3.8, 4) is 6.07 Å². The van der Waals surface area contributed by atoms with Crippen LogP contribution in [0, 0.1) is 11.3 Å². The van der Waals surface area contributed by atoms with Gasteiger partial charge in [0.25, 0.3) is 0 Å². The number of nitrogens with zero attached hydrogens (tertiary/aromatic N) is 3. The van der Waals surface area contributed by atoms with Crippen molar-refractivity contribution >= 4 is 0 Å². The molecule has 1 aliphatic rings. The van der Waals surface area contributed by atoms with Gasteiger partial charge < -0.3 is 10.2 Å².